The molecule has 1 aromatic carbocycles. The lowest BCUT2D eigenvalue weighted by molar-refractivity contribution is 0.280. The molecule has 5 N–H and O–H groups in total. The Morgan fingerprint density at radius 2 is 1.53 bits per heavy atom. The Hall–Kier alpha value is -2.26. The largest absolute Gasteiger partial charge is 0.506 e. The van der Waals surface area contributed by atoms with Crippen molar-refractivity contribution in [3.05, 3.63) is 77.6 Å². The number of rotatable bonds is 10. The summed E-state index contributed by atoms with van der Waals surface area (Å²) >= 11 is 0. The number of nitrogens with one attached hydrogen (secondary N) is 4. The molecule has 0 aliphatic heterocycles. The number of pyridine rings is 1. The molecule has 0 unspecified atom stereocenters. The molecule has 2 atom stereocenters. The van der Waals surface area contributed by atoms with Crippen molar-refractivity contribution < 1.29 is 5.11 Å². The number of nitrogens with zero attached hydrogens (tertiary/aromatic N) is 2. The van der Waals surface area contributed by atoms with Gasteiger partial charge in [0.15, 0.2) is 0 Å². The van der Waals surface area contributed by atoms with Crippen LogP contribution < -0.4 is 16.0 Å². The molecule has 0 radical (unpaired) electrons. The summed E-state index contributed by atoms with van der Waals surface area (Å²) in [7, 11) is 0. The average molecular weight is 501 g/mol. The van der Waals surface area contributed by atoms with E-state index in [1.165, 1.54) is 36.8 Å². The van der Waals surface area contributed by atoms with Gasteiger partial charge in [0.2, 0.25) is 0 Å². The second-order valence-electron chi connectivity index (χ2n) is 8.18. The lowest BCUT2D eigenvalue weighted by atomic mass is 9.90. The maximum Gasteiger partial charge on any atom is 0.138 e. The van der Waals surface area contributed by atoms with Gasteiger partial charge in [0.25, 0.3) is 0 Å². The molecular weight excluding hydrogens is 468 g/mol. The van der Waals surface area contributed by atoms with Crippen LogP contribution in [0.3, 0.4) is 0 Å². The molecule has 0 amide bonds. The van der Waals surface area contributed by atoms with Gasteiger partial charge in [-0.3, -0.25) is 4.98 Å². The molecule has 1 saturated carbocycles. The van der Waals surface area contributed by atoms with Crippen molar-refractivity contribution >= 4 is 17.0 Å². The van der Waals surface area contributed by atoms with Crippen LogP contribution >= 0.6 is 17.0 Å². The second kappa shape index (κ2) is 12.7. The molecule has 8 heteroatoms. The number of H-pyrrole nitrogens is 1. The minimum atomic E-state index is 0. The Labute approximate surface area is 200 Å². The summed E-state index contributed by atoms with van der Waals surface area (Å²) in [6.45, 7) is 2.95. The van der Waals surface area contributed by atoms with E-state index in [-0.39, 0.29) is 22.7 Å². The van der Waals surface area contributed by atoms with Crippen molar-refractivity contribution in [2.45, 2.75) is 63.9 Å². The van der Waals surface area contributed by atoms with Gasteiger partial charge >= 0.3 is 0 Å². The van der Waals surface area contributed by atoms with E-state index in [1.54, 1.807) is 24.5 Å². The summed E-state index contributed by atoms with van der Waals surface area (Å²) in [6.07, 6.45) is 10.3. The topological polar surface area (TPSA) is 97.9 Å². The molecule has 7 nitrogen and oxygen atoms in total. The van der Waals surface area contributed by atoms with Crippen LogP contribution in [0.2, 0.25) is 0 Å². The first kappa shape index (κ1) is 24.4. The minimum Gasteiger partial charge on any atom is -0.506 e. The number of halogens is 1. The third-order valence-electron chi connectivity index (χ3n) is 5.93. The van der Waals surface area contributed by atoms with Crippen molar-refractivity contribution in [3.8, 4) is 5.75 Å². The number of benzene rings is 1. The third-order valence-corrected chi connectivity index (χ3v) is 5.93. The zero-order valence-electron chi connectivity index (χ0n) is 18.3. The SMILES string of the molecule is Br.Oc1cccnc1CNCc1ccc(CN[C@@H]2CCCC[C@@H]2NCc2ncc[nH]2)cc1. The van der Waals surface area contributed by atoms with Gasteiger partial charge in [-0.05, 0) is 36.1 Å². The average Bonchev–Trinajstić information content (AvgIpc) is 3.33. The second-order valence-corrected chi connectivity index (χ2v) is 8.18. The molecule has 1 fully saturated rings. The van der Waals surface area contributed by atoms with E-state index >= 15 is 0 Å². The Bertz CT molecular complexity index is 919. The van der Waals surface area contributed by atoms with Crippen molar-refractivity contribution in [2.75, 3.05) is 0 Å². The van der Waals surface area contributed by atoms with Crippen LogP contribution in [0.15, 0.2) is 55.0 Å². The summed E-state index contributed by atoms with van der Waals surface area (Å²) < 4.78 is 0. The van der Waals surface area contributed by atoms with E-state index < -0.39 is 0 Å². The van der Waals surface area contributed by atoms with Crippen LogP contribution in [-0.4, -0.2) is 32.1 Å². The van der Waals surface area contributed by atoms with Crippen LogP contribution in [-0.2, 0) is 26.2 Å². The monoisotopic (exact) mass is 500 g/mol. The number of aromatic nitrogens is 3. The fraction of sp³-hybridized carbons (Fsp3) is 0.417. The highest BCUT2D eigenvalue weighted by molar-refractivity contribution is 8.93. The third kappa shape index (κ3) is 7.13. The summed E-state index contributed by atoms with van der Waals surface area (Å²) in [4.78, 5) is 11.7. The van der Waals surface area contributed by atoms with E-state index in [0.29, 0.717) is 24.3 Å². The first-order valence-electron chi connectivity index (χ1n) is 11.1. The van der Waals surface area contributed by atoms with Gasteiger partial charge in [-0.25, -0.2) is 4.98 Å². The quantitative estimate of drug-likeness (QED) is 0.292. The Balaban J connectivity index is 0.00000289. The van der Waals surface area contributed by atoms with Crippen molar-refractivity contribution in [2.24, 2.45) is 0 Å². The van der Waals surface area contributed by atoms with Crippen LogP contribution in [0.5, 0.6) is 5.75 Å². The highest BCUT2D eigenvalue weighted by atomic mass is 79.9. The molecule has 32 heavy (non-hydrogen) atoms. The molecule has 2 aromatic heterocycles. The lowest BCUT2D eigenvalue weighted by Gasteiger charge is -2.33. The number of aromatic amines is 1. The predicted octanol–water partition coefficient (Wildman–Crippen LogP) is 3.57. The normalized spacial score (nSPS) is 18.2. The van der Waals surface area contributed by atoms with Gasteiger partial charge in [0.1, 0.15) is 11.6 Å². The molecular formula is C24H33BrN6O. The summed E-state index contributed by atoms with van der Waals surface area (Å²) in [5.41, 5.74) is 3.18. The molecule has 4 rings (SSSR count). The fourth-order valence-electron chi connectivity index (χ4n) is 4.16. The molecule has 1 aliphatic rings. The highest BCUT2D eigenvalue weighted by Crippen LogP contribution is 2.19. The zero-order chi connectivity index (χ0) is 21.3. The number of hydrogen-bond donors (Lipinski definition) is 5. The smallest absolute Gasteiger partial charge is 0.138 e. The van der Waals surface area contributed by atoms with E-state index in [2.05, 4.69) is 55.2 Å². The van der Waals surface area contributed by atoms with Gasteiger partial charge in [-0.15, -0.1) is 17.0 Å². The van der Waals surface area contributed by atoms with Gasteiger partial charge in [0.05, 0.1) is 12.2 Å². The Kier molecular flexibility index (Phi) is 9.67. The maximum absolute atomic E-state index is 9.79. The summed E-state index contributed by atoms with van der Waals surface area (Å²) in [6, 6.07) is 13.1. The van der Waals surface area contributed by atoms with Crippen LogP contribution in [0.25, 0.3) is 0 Å². The predicted molar refractivity (Wildman–Crippen MR) is 132 cm³/mol. The van der Waals surface area contributed by atoms with E-state index in [4.69, 9.17) is 0 Å². The molecule has 0 bridgehead atoms. The lowest BCUT2D eigenvalue weighted by Crippen LogP contribution is -2.49. The number of hydrogen-bond acceptors (Lipinski definition) is 6. The van der Waals surface area contributed by atoms with Crippen molar-refractivity contribution in [1.29, 1.82) is 0 Å². The van der Waals surface area contributed by atoms with Crippen LogP contribution in [0.4, 0.5) is 0 Å². The van der Waals surface area contributed by atoms with Crippen LogP contribution in [0.1, 0.15) is 48.3 Å². The summed E-state index contributed by atoms with van der Waals surface area (Å²) in [5.74, 6) is 1.22. The van der Waals surface area contributed by atoms with Gasteiger partial charge in [-0.1, -0.05) is 37.1 Å². The number of aromatic hydroxyl groups is 1. The van der Waals surface area contributed by atoms with Crippen LogP contribution in [0, 0.1) is 0 Å². The van der Waals surface area contributed by atoms with Gasteiger partial charge in [-0.2, -0.15) is 0 Å². The maximum atomic E-state index is 9.79. The Morgan fingerprint density at radius 1 is 0.844 bits per heavy atom. The van der Waals surface area contributed by atoms with E-state index in [9.17, 15) is 5.11 Å². The summed E-state index contributed by atoms with van der Waals surface area (Å²) in [5, 5.41) is 20.6. The first-order valence-corrected chi connectivity index (χ1v) is 11.1. The standard InChI is InChI=1S/C24H32N6O.BrH/c31-23-6-3-11-26-22(23)16-25-14-18-7-9-19(10-8-18)15-29-20-4-1-2-5-21(20)30-17-24-27-12-13-28-24;/h3,6-13,20-21,25,29-31H,1-2,4-5,14-17H2,(H,27,28);1H/t20-,21+;/m1./s1. The first-order chi connectivity index (χ1) is 15.3. The molecule has 2 heterocycles. The van der Waals surface area contributed by atoms with E-state index in [0.717, 1.165) is 25.5 Å². The molecule has 1 aliphatic carbocycles. The molecule has 172 valence electrons. The molecule has 3 aromatic rings. The Morgan fingerprint density at radius 3 is 2.19 bits per heavy atom. The number of imidazole rings is 1. The minimum absolute atomic E-state index is 0. The van der Waals surface area contributed by atoms with Gasteiger partial charge < -0.3 is 26.0 Å². The fourth-order valence-corrected chi connectivity index (χ4v) is 4.16. The zero-order valence-corrected chi connectivity index (χ0v) is 20.0. The molecule has 0 saturated heterocycles. The highest BCUT2D eigenvalue weighted by Gasteiger charge is 2.24. The van der Waals surface area contributed by atoms with E-state index in [1.807, 2.05) is 6.20 Å². The van der Waals surface area contributed by atoms with Gasteiger partial charge in [0, 0.05) is 50.3 Å². The molecule has 0 spiro atoms. The van der Waals surface area contributed by atoms with Crippen molar-refractivity contribution in [3.63, 3.8) is 0 Å². The van der Waals surface area contributed by atoms with Crippen molar-refractivity contribution in [1.82, 2.24) is 30.9 Å².